The Morgan fingerprint density at radius 2 is 2.19 bits per heavy atom. The lowest BCUT2D eigenvalue weighted by atomic mass is 10.3. The molecule has 86 valence electrons. The van der Waals surface area contributed by atoms with Gasteiger partial charge in [0.05, 0.1) is 5.02 Å². The summed E-state index contributed by atoms with van der Waals surface area (Å²) in [5.41, 5.74) is 4.08. The number of carbonyl (C=O) groups is 2. The summed E-state index contributed by atoms with van der Waals surface area (Å²) >= 11 is 11.5. The van der Waals surface area contributed by atoms with E-state index < -0.39 is 5.91 Å². The predicted octanol–water partition coefficient (Wildman–Crippen LogP) is 1.15. The van der Waals surface area contributed by atoms with E-state index in [4.69, 9.17) is 27.9 Å². The maximum atomic E-state index is 11.0. The molecule has 2 N–H and O–H groups in total. The number of rotatable bonds is 5. The van der Waals surface area contributed by atoms with Gasteiger partial charge >= 0.3 is 0 Å². The second-order valence-corrected chi connectivity index (χ2v) is 3.52. The standard InChI is InChI=1S/C9H8Cl2N2O3/c10-6-1-2-8(7(11)3-6)16-4-9(15)13-12-5-14/h1-3,5H,4H2,(H,12,14)(H,13,15). The zero-order valence-corrected chi connectivity index (χ0v) is 9.51. The van der Waals surface area contributed by atoms with Crippen LogP contribution in [0.15, 0.2) is 18.2 Å². The normalized spacial score (nSPS) is 9.38. The highest BCUT2D eigenvalue weighted by atomic mass is 35.5. The van der Waals surface area contributed by atoms with Gasteiger partial charge in [-0.05, 0) is 18.2 Å². The Hall–Kier alpha value is -1.46. The third-order valence-electron chi connectivity index (χ3n) is 1.52. The lowest BCUT2D eigenvalue weighted by Gasteiger charge is -2.07. The van der Waals surface area contributed by atoms with Crippen molar-refractivity contribution in [2.24, 2.45) is 0 Å². The highest BCUT2D eigenvalue weighted by Gasteiger charge is 2.05. The van der Waals surface area contributed by atoms with Crippen LogP contribution in [0.5, 0.6) is 5.75 Å². The van der Waals surface area contributed by atoms with Gasteiger partial charge in [0.2, 0.25) is 6.41 Å². The van der Waals surface area contributed by atoms with Crippen molar-refractivity contribution < 1.29 is 14.3 Å². The van der Waals surface area contributed by atoms with Crippen LogP contribution in [0, 0.1) is 0 Å². The van der Waals surface area contributed by atoms with Gasteiger partial charge in [-0.2, -0.15) is 0 Å². The van der Waals surface area contributed by atoms with Crippen molar-refractivity contribution in [1.29, 1.82) is 0 Å². The molecule has 0 fully saturated rings. The quantitative estimate of drug-likeness (QED) is 0.618. The molecule has 5 nitrogen and oxygen atoms in total. The molecule has 0 atom stereocenters. The van der Waals surface area contributed by atoms with E-state index in [1.165, 1.54) is 6.07 Å². The van der Waals surface area contributed by atoms with Gasteiger partial charge < -0.3 is 4.74 Å². The Morgan fingerprint density at radius 3 is 2.81 bits per heavy atom. The van der Waals surface area contributed by atoms with Crippen LogP contribution in [0.25, 0.3) is 0 Å². The Bertz CT molecular complexity index is 398. The van der Waals surface area contributed by atoms with Crippen LogP contribution in [-0.4, -0.2) is 18.9 Å². The van der Waals surface area contributed by atoms with E-state index >= 15 is 0 Å². The second-order valence-electron chi connectivity index (χ2n) is 2.67. The van der Waals surface area contributed by atoms with E-state index in [0.717, 1.165) is 0 Å². The number of nitrogens with one attached hydrogen (secondary N) is 2. The third kappa shape index (κ3) is 3.96. The van der Waals surface area contributed by atoms with E-state index in [0.29, 0.717) is 22.2 Å². The van der Waals surface area contributed by atoms with Gasteiger partial charge in [-0.1, -0.05) is 23.2 Å². The topological polar surface area (TPSA) is 67.4 Å². The molecule has 0 aliphatic heterocycles. The fourth-order valence-electron chi connectivity index (χ4n) is 0.882. The predicted molar refractivity (Wildman–Crippen MR) is 59.3 cm³/mol. The fourth-order valence-corrected chi connectivity index (χ4v) is 1.34. The maximum absolute atomic E-state index is 11.0. The molecule has 0 unspecified atom stereocenters. The number of carbonyl (C=O) groups excluding carboxylic acids is 2. The van der Waals surface area contributed by atoms with Crippen molar-refractivity contribution in [3.63, 3.8) is 0 Å². The Kier molecular flexibility index (Phi) is 4.88. The molecule has 0 aliphatic rings. The van der Waals surface area contributed by atoms with Crippen LogP contribution in [0.1, 0.15) is 0 Å². The van der Waals surface area contributed by atoms with Crippen LogP contribution in [0.4, 0.5) is 0 Å². The summed E-state index contributed by atoms with van der Waals surface area (Å²) < 4.78 is 5.09. The molecule has 0 radical (unpaired) electrons. The maximum Gasteiger partial charge on any atom is 0.276 e. The Labute approximate surface area is 102 Å². The number of hydrogen-bond acceptors (Lipinski definition) is 3. The van der Waals surface area contributed by atoms with Gasteiger partial charge in [0.1, 0.15) is 5.75 Å². The molecule has 0 aromatic heterocycles. The van der Waals surface area contributed by atoms with Gasteiger partial charge in [0.15, 0.2) is 6.61 Å². The SMILES string of the molecule is O=CNNC(=O)COc1ccc(Cl)cc1Cl. The van der Waals surface area contributed by atoms with Gasteiger partial charge in [-0.25, -0.2) is 0 Å². The average Bonchev–Trinajstić information content (AvgIpc) is 2.25. The van der Waals surface area contributed by atoms with Crippen molar-refractivity contribution >= 4 is 35.5 Å². The Balaban J connectivity index is 2.48. The van der Waals surface area contributed by atoms with E-state index in [1.807, 2.05) is 5.43 Å². The number of ether oxygens (including phenoxy) is 1. The van der Waals surface area contributed by atoms with E-state index in [-0.39, 0.29) is 6.61 Å². The molecule has 0 heterocycles. The summed E-state index contributed by atoms with van der Waals surface area (Å²) in [6.07, 6.45) is 0.340. The number of benzene rings is 1. The highest BCUT2D eigenvalue weighted by Crippen LogP contribution is 2.27. The van der Waals surface area contributed by atoms with Crippen molar-refractivity contribution in [1.82, 2.24) is 10.9 Å². The van der Waals surface area contributed by atoms with Crippen LogP contribution < -0.4 is 15.6 Å². The molecule has 1 aromatic rings. The number of hydrazine groups is 1. The second kappa shape index (κ2) is 6.19. The van der Waals surface area contributed by atoms with Crippen molar-refractivity contribution in [2.75, 3.05) is 6.61 Å². The number of hydrogen-bond donors (Lipinski definition) is 2. The highest BCUT2D eigenvalue weighted by molar-refractivity contribution is 6.35. The minimum Gasteiger partial charge on any atom is -0.482 e. The van der Waals surface area contributed by atoms with Crippen molar-refractivity contribution in [2.45, 2.75) is 0 Å². The molecule has 16 heavy (non-hydrogen) atoms. The molecule has 1 rings (SSSR count). The van der Waals surface area contributed by atoms with Gasteiger partial charge in [0, 0.05) is 5.02 Å². The van der Waals surface area contributed by atoms with Gasteiger partial charge in [0.25, 0.3) is 5.91 Å². The smallest absolute Gasteiger partial charge is 0.276 e. The minimum absolute atomic E-state index is 0.262. The molecule has 0 bridgehead atoms. The molecule has 0 aliphatic carbocycles. The molecular weight excluding hydrogens is 255 g/mol. The van der Waals surface area contributed by atoms with E-state index in [1.54, 1.807) is 12.1 Å². The van der Waals surface area contributed by atoms with Gasteiger partial charge in [-0.15, -0.1) is 0 Å². The summed E-state index contributed by atoms with van der Waals surface area (Å²) in [6, 6.07) is 4.63. The summed E-state index contributed by atoms with van der Waals surface area (Å²) in [6.45, 7) is -0.262. The van der Waals surface area contributed by atoms with Crippen LogP contribution >= 0.6 is 23.2 Å². The zero-order chi connectivity index (χ0) is 12.0. The van der Waals surface area contributed by atoms with Crippen molar-refractivity contribution in [3.05, 3.63) is 28.2 Å². The summed E-state index contributed by atoms with van der Waals surface area (Å²) in [4.78, 5) is 20.9. The summed E-state index contributed by atoms with van der Waals surface area (Å²) in [7, 11) is 0. The molecule has 0 saturated heterocycles. The number of amides is 2. The molecule has 0 spiro atoms. The third-order valence-corrected chi connectivity index (χ3v) is 2.05. The molecule has 2 amide bonds. The first kappa shape index (κ1) is 12.6. The van der Waals surface area contributed by atoms with Gasteiger partial charge in [-0.3, -0.25) is 20.4 Å². The molecule has 7 heteroatoms. The lowest BCUT2D eigenvalue weighted by molar-refractivity contribution is -0.126. The fraction of sp³-hybridized carbons (Fsp3) is 0.111. The molecular formula is C9H8Cl2N2O3. The summed E-state index contributed by atoms with van der Waals surface area (Å²) in [5, 5.41) is 0.785. The van der Waals surface area contributed by atoms with E-state index in [2.05, 4.69) is 5.43 Å². The van der Waals surface area contributed by atoms with Crippen LogP contribution in [0.2, 0.25) is 10.0 Å². The first-order valence-electron chi connectivity index (χ1n) is 4.19. The molecule has 0 saturated carbocycles. The summed E-state index contributed by atoms with van der Waals surface area (Å²) in [5.74, 6) is -0.162. The first-order valence-corrected chi connectivity index (χ1v) is 4.95. The average molecular weight is 263 g/mol. The number of halogens is 2. The lowest BCUT2D eigenvalue weighted by Crippen LogP contribution is -2.39. The minimum atomic E-state index is -0.502. The monoisotopic (exact) mass is 262 g/mol. The Morgan fingerprint density at radius 1 is 1.44 bits per heavy atom. The van der Waals surface area contributed by atoms with Crippen LogP contribution in [0.3, 0.4) is 0 Å². The zero-order valence-electron chi connectivity index (χ0n) is 8.00. The van der Waals surface area contributed by atoms with Crippen LogP contribution in [-0.2, 0) is 9.59 Å². The van der Waals surface area contributed by atoms with Crippen molar-refractivity contribution in [3.8, 4) is 5.75 Å². The largest absolute Gasteiger partial charge is 0.482 e. The first-order chi connectivity index (χ1) is 7.63. The van der Waals surface area contributed by atoms with E-state index in [9.17, 15) is 9.59 Å². The molecule has 1 aromatic carbocycles.